The smallest absolute Gasteiger partial charge is 0.0332 e. The molecule has 1 aromatic heterocycles. The van der Waals surface area contributed by atoms with Crippen LogP contribution in [0.4, 0.5) is 0 Å². The zero-order valence-electron chi connectivity index (χ0n) is 13.9. The summed E-state index contributed by atoms with van der Waals surface area (Å²) in [7, 11) is 0. The predicted octanol–water partition coefficient (Wildman–Crippen LogP) is 3.98. The summed E-state index contributed by atoms with van der Waals surface area (Å²) in [4.78, 5) is 4.17. The molecule has 2 heterocycles. The highest BCUT2D eigenvalue weighted by Crippen LogP contribution is 2.32. The van der Waals surface area contributed by atoms with Gasteiger partial charge in [0.25, 0.3) is 0 Å². The Bertz CT molecular complexity index is 411. The molecule has 3 heteroatoms. The van der Waals surface area contributed by atoms with Crippen LogP contribution in [0.2, 0.25) is 0 Å². The Morgan fingerprint density at radius 2 is 1.90 bits per heavy atom. The van der Waals surface area contributed by atoms with Gasteiger partial charge in [0.2, 0.25) is 0 Å². The predicted molar refractivity (Wildman–Crippen MR) is 89.2 cm³/mol. The normalized spacial score (nSPS) is 25.9. The van der Waals surface area contributed by atoms with E-state index in [1.54, 1.807) is 0 Å². The summed E-state index contributed by atoms with van der Waals surface area (Å²) >= 11 is 1.88. The zero-order chi connectivity index (χ0) is 15.0. The first-order valence-corrected chi connectivity index (χ1v) is 8.56. The minimum atomic E-state index is 0.313. The van der Waals surface area contributed by atoms with Crippen LogP contribution >= 0.6 is 11.3 Å². The summed E-state index contributed by atoms with van der Waals surface area (Å²) in [5.41, 5.74) is 0.629. The van der Waals surface area contributed by atoms with Crippen LogP contribution in [-0.4, -0.2) is 30.1 Å². The molecule has 2 atom stereocenters. The number of thiophene rings is 1. The van der Waals surface area contributed by atoms with Crippen LogP contribution in [0.5, 0.6) is 0 Å². The molecule has 0 aliphatic carbocycles. The lowest BCUT2D eigenvalue weighted by molar-refractivity contribution is 0.0255. The largest absolute Gasteiger partial charge is 0.311 e. The van der Waals surface area contributed by atoms with Crippen LogP contribution < -0.4 is 5.32 Å². The fourth-order valence-corrected chi connectivity index (χ4v) is 3.75. The monoisotopic (exact) mass is 294 g/mol. The Balaban J connectivity index is 2.15. The summed E-state index contributed by atoms with van der Waals surface area (Å²) in [6, 6.07) is 5.60. The number of nitrogens with zero attached hydrogens (tertiary/aromatic N) is 1. The Labute approximate surface area is 128 Å². The van der Waals surface area contributed by atoms with Gasteiger partial charge in [-0.15, -0.1) is 11.3 Å². The molecule has 0 amide bonds. The number of rotatable bonds is 2. The Morgan fingerprint density at radius 1 is 1.20 bits per heavy atom. The van der Waals surface area contributed by atoms with E-state index in [1.165, 1.54) is 4.88 Å². The average molecular weight is 295 g/mol. The van der Waals surface area contributed by atoms with E-state index in [9.17, 15) is 0 Å². The van der Waals surface area contributed by atoms with Crippen molar-refractivity contribution in [2.24, 2.45) is 10.8 Å². The van der Waals surface area contributed by atoms with Crippen molar-refractivity contribution >= 4 is 11.3 Å². The molecule has 0 saturated carbocycles. The fourth-order valence-electron chi connectivity index (χ4n) is 3.02. The van der Waals surface area contributed by atoms with Crippen molar-refractivity contribution in [2.75, 3.05) is 13.1 Å². The molecule has 2 rings (SSSR count). The van der Waals surface area contributed by atoms with Crippen LogP contribution in [-0.2, 0) is 6.54 Å². The highest BCUT2D eigenvalue weighted by Gasteiger charge is 2.38. The standard InChI is InChI=1S/C17H30N2S/c1-16(2,3)14-12-19(11-13-8-7-9-20-13)15(10-18-14)17(4,5)6/h7-9,14-15,18H,10-12H2,1-6H3. The summed E-state index contributed by atoms with van der Waals surface area (Å²) in [5.74, 6) is 0. The summed E-state index contributed by atoms with van der Waals surface area (Å²) in [5, 5.41) is 5.97. The van der Waals surface area contributed by atoms with Crippen LogP contribution in [0.1, 0.15) is 46.4 Å². The zero-order valence-corrected chi connectivity index (χ0v) is 14.7. The molecule has 1 aliphatic heterocycles. The summed E-state index contributed by atoms with van der Waals surface area (Å²) in [6.07, 6.45) is 0. The second-order valence-corrected chi connectivity index (χ2v) is 9.25. The van der Waals surface area contributed by atoms with Crippen LogP contribution in [0.3, 0.4) is 0 Å². The van der Waals surface area contributed by atoms with Crippen molar-refractivity contribution in [1.82, 2.24) is 10.2 Å². The molecule has 1 fully saturated rings. The minimum absolute atomic E-state index is 0.313. The topological polar surface area (TPSA) is 15.3 Å². The van der Waals surface area contributed by atoms with Gasteiger partial charge in [-0.25, -0.2) is 0 Å². The maximum Gasteiger partial charge on any atom is 0.0332 e. The van der Waals surface area contributed by atoms with Crippen molar-refractivity contribution in [1.29, 1.82) is 0 Å². The first kappa shape index (κ1) is 16.0. The molecule has 1 aromatic rings. The third kappa shape index (κ3) is 3.84. The molecule has 20 heavy (non-hydrogen) atoms. The maximum absolute atomic E-state index is 3.79. The molecule has 1 N–H and O–H groups in total. The van der Waals surface area contributed by atoms with E-state index in [4.69, 9.17) is 0 Å². The van der Waals surface area contributed by atoms with Gasteiger partial charge in [-0.05, 0) is 22.3 Å². The minimum Gasteiger partial charge on any atom is -0.311 e. The lowest BCUT2D eigenvalue weighted by Gasteiger charge is -2.49. The van der Waals surface area contributed by atoms with Gasteiger partial charge in [-0.3, -0.25) is 4.90 Å². The third-order valence-corrected chi connectivity index (χ3v) is 5.26. The molecule has 2 nitrogen and oxygen atoms in total. The van der Waals surface area contributed by atoms with Crippen LogP contribution in [0.25, 0.3) is 0 Å². The van der Waals surface area contributed by atoms with E-state index in [2.05, 4.69) is 69.3 Å². The SMILES string of the molecule is CC(C)(C)C1CN(Cc2cccs2)C(C(C)(C)C)CN1. The van der Waals surface area contributed by atoms with Crippen molar-refractivity contribution in [3.05, 3.63) is 22.4 Å². The molecule has 1 aliphatic rings. The first-order chi connectivity index (χ1) is 9.18. The Hall–Kier alpha value is -0.380. The van der Waals surface area contributed by atoms with Crippen molar-refractivity contribution < 1.29 is 0 Å². The van der Waals surface area contributed by atoms with Gasteiger partial charge in [-0.2, -0.15) is 0 Å². The van der Waals surface area contributed by atoms with Crippen molar-refractivity contribution in [3.63, 3.8) is 0 Å². The van der Waals surface area contributed by atoms with E-state index in [-0.39, 0.29) is 0 Å². The van der Waals surface area contributed by atoms with Gasteiger partial charge >= 0.3 is 0 Å². The van der Waals surface area contributed by atoms with Gasteiger partial charge in [0.05, 0.1) is 0 Å². The van der Waals surface area contributed by atoms with Crippen LogP contribution in [0, 0.1) is 10.8 Å². The van der Waals surface area contributed by atoms with E-state index in [0.717, 1.165) is 19.6 Å². The maximum atomic E-state index is 3.79. The first-order valence-electron chi connectivity index (χ1n) is 7.68. The lowest BCUT2D eigenvalue weighted by atomic mass is 9.79. The molecular weight excluding hydrogens is 264 g/mol. The Kier molecular flexibility index (Phi) is 4.63. The quantitative estimate of drug-likeness (QED) is 0.887. The van der Waals surface area contributed by atoms with Gasteiger partial charge in [0, 0.05) is 36.6 Å². The van der Waals surface area contributed by atoms with E-state index in [0.29, 0.717) is 22.9 Å². The van der Waals surface area contributed by atoms with Gasteiger partial charge < -0.3 is 5.32 Å². The molecular formula is C17H30N2S. The highest BCUT2D eigenvalue weighted by molar-refractivity contribution is 7.09. The van der Waals surface area contributed by atoms with E-state index in [1.807, 2.05) is 11.3 Å². The molecule has 0 radical (unpaired) electrons. The van der Waals surface area contributed by atoms with Gasteiger partial charge in [-0.1, -0.05) is 47.6 Å². The number of hydrogen-bond donors (Lipinski definition) is 1. The summed E-state index contributed by atoms with van der Waals surface area (Å²) in [6.45, 7) is 17.4. The number of hydrogen-bond acceptors (Lipinski definition) is 3. The second kappa shape index (κ2) is 5.78. The Morgan fingerprint density at radius 3 is 2.40 bits per heavy atom. The van der Waals surface area contributed by atoms with Crippen molar-refractivity contribution in [3.8, 4) is 0 Å². The molecule has 114 valence electrons. The van der Waals surface area contributed by atoms with Gasteiger partial charge in [0.15, 0.2) is 0 Å². The molecule has 0 aromatic carbocycles. The van der Waals surface area contributed by atoms with E-state index >= 15 is 0 Å². The van der Waals surface area contributed by atoms with Crippen LogP contribution in [0.15, 0.2) is 17.5 Å². The van der Waals surface area contributed by atoms with Crippen molar-refractivity contribution in [2.45, 2.75) is 60.2 Å². The third-order valence-electron chi connectivity index (χ3n) is 4.40. The van der Waals surface area contributed by atoms with Gasteiger partial charge in [0.1, 0.15) is 0 Å². The number of nitrogens with one attached hydrogen (secondary N) is 1. The second-order valence-electron chi connectivity index (χ2n) is 8.22. The summed E-state index contributed by atoms with van der Waals surface area (Å²) < 4.78 is 0. The lowest BCUT2D eigenvalue weighted by Crippen LogP contribution is -2.63. The highest BCUT2D eigenvalue weighted by atomic mass is 32.1. The fraction of sp³-hybridized carbons (Fsp3) is 0.765. The molecule has 0 spiro atoms. The molecule has 1 saturated heterocycles. The average Bonchev–Trinajstić information content (AvgIpc) is 2.79. The number of piperazine rings is 1. The van der Waals surface area contributed by atoms with E-state index < -0.39 is 0 Å². The molecule has 0 bridgehead atoms. The molecule has 2 unspecified atom stereocenters.